The van der Waals surface area contributed by atoms with Gasteiger partial charge in [-0.15, -0.1) is 0 Å². The van der Waals surface area contributed by atoms with Crippen LogP contribution in [0.4, 0.5) is 0 Å². The van der Waals surface area contributed by atoms with Crippen molar-refractivity contribution >= 4 is 29.2 Å². The second-order valence-electron chi connectivity index (χ2n) is 6.15. The minimum atomic E-state index is -1.02. The van der Waals surface area contributed by atoms with Gasteiger partial charge in [-0.25, -0.2) is 5.01 Å². The number of benzene rings is 2. The number of carboxylic acids is 1. The molecule has 27 heavy (non-hydrogen) atoms. The largest absolute Gasteiger partial charge is 0.497 e. The zero-order valence-corrected chi connectivity index (χ0v) is 15.5. The summed E-state index contributed by atoms with van der Waals surface area (Å²) in [6.45, 7) is 0. The first-order valence-corrected chi connectivity index (χ1v) is 8.87. The van der Waals surface area contributed by atoms with E-state index in [1.165, 1.54) is 5.01 Å². The maximum absolute atomic E-state index is 12.6. The maximum atomic E-state index is 12.6. The van der Waals surface area contributed by atoms with E-state index in [0.717, 1.165) is 16.8 Å². The first-order chi connectivity index (χ1) is 13.0. The molecule has 0 spiro atoms. The van der Waals surface area contributed by atoms with Crippen molar-refractivity contribution in [2.24, 2.45) is 5.10 Å². The molecule has 1 heterocycles. The molecule has 0 aromatic heterocycles. The molecule has 1 amide bonds. The summed E-state index contributed by atoms with van der Waals surface area (Å²) in [4.78, 5) is 23.5. The van der Waals surface area contributed by atoms with Crippen LogP contribution in [0.15, 0.2) is 53.6 Å². The minimum Gasteiger partial charge on any atom is -0.497 e. The fourth-order valence-electron chi connectivity index (χ4n) is 3.03. The second kappa shape index (κ2) is 8.22. The van der Waals surface area contributed by atoms with E-state index < -0.39 is 5.97 Å². The average molecular weight is 387 g/mol. The highest BCUT2D eigenvalue weighted by Crippen LogP contribution is 2.37. The number of ether oxygens (including phenoxy) is 1. The molecule has 0 unspecified atom stereocenters. The number of hydrogen-bond donors (Lipinski definition) is 1. The van der Waals surface area contributed by atoms with Crippen LogP contribution in [0.5, 0.6) is 5.75 Å². The number of rotatable bonds is 6. The van der Waals surface area contributed by atoms with Crippen LogP contribution in [-0.2, 0) is 9.59 Å². The number of nitrogens with zero attached hydrogens (tertiary/aromatic N) is 2. The number of aliphatic carboxylic acids is 1. The van der Waals surface area contributed by atoms with Crippen LogP contribution in [-0.4, -0.2) is 34.8 Å². The van der Waals surface area contributed by atoms with Gasteiger partial charge in [0.2, 0.25) is 5.91 Å². The van der Waals surface area contributed by atoms with E-state index in [2.05, 4.69) is 5.10 Å². The van der Waals surface area contributed by atoms with Crippen molar-refractivity contribution in [1.82, 2.24) is 5.01 Å². The molecule has 0 saturated heterocycles. The van der Waals surface area contributed by atoms with E-state index in [-0.39, 0.29) is 24.8 Å². The van der Waals surface area contributed by atoms with Gasteiger partial charge in [-0.3, -0.25) is 9.59 Å². The van der Waals surface area contributed by atoms with Gasteiger partial charge in [0.05, 0.1) is 25.3 Å². The number of hydrazone groups is 1. The Labute approximate surface area is 162 Å². The summed E-state index contributed by atoms with van der Waals surface area (Å²) in [6.07, 6.45) is 0.121. The number of carbonyl (C=O) groups excluding carboxylic acids is 1. The Morgan fingerprint density at radius 2 is 2.00 bits per heavy atom. The van der Waals surface area contributed by atoms with Gasteiger partial charge in [0.25, 0.3) is 0 Å². The molecular formula is C20H19ClN2O4. The third kappa shape index (κ3) is 4.28. The lowest BCUT2D eigenvalue weighted by Gasteiger charge is -2.22. The van der Waals surface area contributed by atoms with Crippen molar-refractivity contribution in [3.8, 4) is 5.75 Å². The van der Waals surface area contributed by atoms with Crippen LogP contribution < -0.4 is 4.74 Å². The Hall–Kier alpha value is -2.86. The Kier molecular flexibility index (Phi) is 5.76. The fourth-order valence-corrected chi connectivity index (χ4v) is 3.30. The predicted octanol–water partition coefficient (Wildman–Crippen LogP) is 3.89. The molecule has 0 aliphatic carbocycles. The molecule has 7 heteroatoms. The predicted molar refractivity (Wildman–Crippen MR) is 102 cm³/mol. The molecule has 1 atom stereocenters. The molecule has 1 aliphatic rings. The van der Waals surface area contributed by atoms with E-state index in [9.17, 15) is 9.59 Å². The lowest BCUT2D eigenvalue weighted by Crippen LogP contribution is -2.27. The van der Waals surface area contributed by atoms with E-state index in [0.29, 0.717) is 17.2 Å². The highest BCUT2D eigenvalue weighted by molar-refractivity contribution is 6.31. The van der Waals surface area contributed by atoms with Crippen molar-refractivity contribution < 1.29 is 19.4 Å². The molecule has 0 fully saturated rings. The van der Waals surface area contributed by atoms with Crippen molar-refractivity contribution in [3.63, 3.8) is 0 Å². The standard InChI is InChI=1S/C20H19ClN2O4/c1-27-14-6-4-5-13(11-14)17-12-18(15-7-2-3-8-16(15)21)23(22-17)19(24)9-10-20(25)26/h2-8,11,18H,9-10,12H2,1H3,(H,25,26)/t18-/m0/s1. The van der Waals surface area contributed by atoms with Gasteiger partial charge in [-0.2, -0.15) is 5.10 Å². The summed E-state index contributed by atoms with van der Waals surface area (Å²) in [6, 6.07) is 14.4. The highest BCUT2D eigenvalue weighted by atomic mass is 35.5. The van der Waals surface area contributed by atoms with Gasteiger partial charge < -0.3 is 9.84 Å². The van der Waals surface area contributed by atoms with Gasteiger partial charge in [0, 0.05) is 23.4 Å². The van der Waals surface area contributed by atoms with Gasteiger partial charge in [-0.05, 0) is 23.8 Å². The van der Waals surface area contributed by atoms with E-state index in [1.54, 1.807) is 13.2 Å². The van der Waals surface area contributed by atoms with Crippen LogP contribution >= 0.6 is 11.6 Å². The maximum Gasteiger partial charge on any atom is 0.303 e. The van der Waals surface area contributed by atoms with Crippen molar-refractivity contribution in [1.29, 1.82) is 0 Å². The first-order valence-electron chi connectivity index (χ1n) is 8.49. The summed E-state index contributed by atoms with van der Waals surface area (Å²) in [7, 11) is 1.59. The smallest absolute Gasteiger partial charge is 0.303 e. The number of carboxylic acid groups (broad SMARTS) is 1. The summed E-state index contributed by atoms with van der Waals surface area (Å²) < 4.78 is 5.26. The Morgan fingerprint density at radius 1 is 1.22 bits per heavy atom. The molecule has 0 bridgehead atoms. The van der Waals surface area contributed by atoms with Gasteiger partial charge >= 0.3 is 5.97 Å². The number of carbonyl (C=O) groups is 2. The number of methoxy groups -OCH3 is 1. The number of halogens is 1. The normalized spacial score (nSPS) is 16.1. The molecule has 0 saturated carbocycles. The van der Waals surface area contributed by atoms with E-state index in [4.69, 9.17) is 21.4 Å². The van der Waals surface area contributed by atoms with E-state index >= 15 is 0 Å². The molecule has 0 radical (unpaired) electrons. The minimum absolute atomic E-state index is 0.120. The molecule has 2 aromatic rings. The molecule has 140 valence electrons. The summed E-state index contributed by atoms with van der Waals surface area (Å²) in [5, 5.41) is 15.3. The molecule has 2 aromatic carbocycles. The van der Waals surface area contributed by atoms with Gasteiger partial charge in [0.15, 0.2) is 0 Å². The third-order valence-electron chi connectivity index (χ3n) is 4.39. The van der Waals surface area contributed by atoms with Crippen molar-refractivity contribution in [3.05, 3.63) is 64.7 Å². The Balaban J connectivity index is 1.94. The quantitative estimate of drug-likeness (QED) is 0.816. The Morgan fingerprint density at radius 3 is 2.70 bits per heavy atom. The third-order valence-corrected chi connectivity index (χ3v) is 4.73. The van der Waals surface area contributed by atoms with Crippen LogP contribution in [0.2, 0.25) is 5.02 Å². The van der Waals surface area contributed by atoms with Crippen LogP contribution in [0.1, 0.15) is 36.4 Å². The molecule has 3 rings (SSSR count). The number of amides is 1. The van der Waals surface area contributed by atoms with Crippen LogP contribution in [0, 0.1) is 0 Å². The fraction of sp³-hybridized carbons (Fsp3) is 0.250. The Bertz CT molecular complexity index is 897. The summed E-state index contributed by atoms with van der Waals surface area (Å²) in [5.74, 6) is -0.672. The average Bonchev–Trinajstić information content (AvgIpc) is 3.11. The first kappa shape index (κ1) is 18.9. The van der Waals surface area contributed by atoms with Crippen LogP contribution in [0.25, 0.3) is 0 Å². The van der Waals surface area contributed by atoms with Crippen molar-refractivity contribution in [2.75, 3.05) is 7.11 Å². The topological polar surface area (TPSA) is 79.2 Å². The molecule has 1 aliphatic heterocycles. The van der Waals surface area contributed by atoms with Gasteiger partial charge in [-0.1, -0.05) is 41.9 Å². The van der Waals surface area contributed by atoms with Crippen molar-refractivity contribution in [2.45, 2.75) is 25.3 Å². The SMILES string of the molecule is COc1cccc(C2=NN(C(=O)CCC(=O)O)[C@H](c3ccccc3Cl)C2)c1. The monoisotopic (exact) mass is 386 g/mol. The number of hydrogen-bond acceptors (Lipinski definition) is 4. The van der Waals surface area contributed by atoms with Gasteiger partial charge in [0.1, 0.15) is 5.75 Å². The zero-order chi connectivity index (χ0) is 19.4. The zero-order valence-electron chi connectivity index (χ0n) is 14.8. The summed E-state index contributed by atoms with van der Waals surface area (Å²) >= 11 is 6.34. The molecular weight excluding hydrogens is 368 g/mol. The van der Waals surface area contributed by atoms with E-state index in [1.807, 2.05) is 42.5 Å². The van der Waals surface area contributed by atoms with Crippen LogP contribution in [0.3, 0.4) is 0 Å². The molecule has 6 nitrogen and oxygen atoms in total. The highest BCUT2D eigenvalue weighted by Gasteiger charge is 2.34. The second-order valence-corrected chi connectivity index (χ2v) is 6.56. The lowest BCUT2D eigenvalue weighted by atomic mass is 9.98. The summed E-state index contributed by atoms with van der Waals surface area (Å²) in [5.41, 5.74) is 2.35. The lowest BCUT2D eigenvalue weighted by molar-refractivity contribution is -0.141. The molecule has 1 N–H and O–H groups in total.